The predicted octanol–water partition coefficient (Wildman–Crippen LogP) is 2.06. The molecule has 1 N–H and O–H groups in total. The van der Waals surface area contributed by atoms with Crippen molar-refractivity contribution in [1.82, 2.24) is 33.6 Å². The van der Waals surface area contributed by atoms with Crippen LogP contribution in [-0.2, 0) is 23.6 Å². The number of imidazole rings is 1. The van der Waals surface area contributed by atoms with Crippen molar-refractivity contribution in [2.24, 2.45) is 13.0 Å². The predicted molar refractivity (Wildman–Crippen MR) is 119 cm³/mol. The molecule has 32 heavy (non-hydrogen) atoms. The van der Waals surface area contributed by atoms with Gasteiger partial charge in [-0.3, -0.25) is 4.68 Å². The van der Waals surface area contributed by atoms with Crippen LogP contribution in [0.25, 0.3) is 11.3 Å². The van der Waals surface area contributed by atoms with Crippen LogP contribution in [0.1, 0.15) is 31.2 Å². The van der Waals surface area contributed by atoms with Crippen LogP contribution in [0.15, 0.2) is 36.1 Å². The minimum atomic E-state index is -3.55. The van der Waals surface area contributed by atoms with Gasteiger partial charge in [-0.1, -0.05) is 0 Å². The number of nitrogens with zero attached hydrogens (tertiary/aromatic N) is 7. The summed E-state index contributed by atoms with van der Waals surface area (Å²) in [5.41, 5.74) is 2.86. The second-order valence-electron chi connectivity index (χ2n) is 8.82. The van der Waals surface area contributed by atoms with Crippen molar-refractivity contribution in [3.63, 3.8) is 0 Å². The minimum absolute atomic E-state index is 0.0974. The van der Waals surface area contributed by atoms with Crippen LogP contribution in [0.2, 0.25) is 0 Å². The van der Waals surface area contributed by atoms with Crippen LogP contribution in [-0.4, -0.2) is 61.2 Å². The van der Waals surface area contributed by atoms with Crippen LogP contribution in [0, 0.1) is 12.8 Å². The second kappa shape index (κ2) is 8.28. The molecular formula is C21H28N8O2S. The first kappa shape index (κ1) is 21.1. The Kier molecular flexibility index (Phi) is 5.46. The van der Waals surface area contributed by atoms with E-state index >= 15 is 0 Å². The van der Waals surface area contributed by atoms with Crippen LogP contribution < -0.4 is 5.32 Å². The normalized spacial score (nSPS) is 18.2. The van der Waals surface area contributed by atoms with E-state index in [4.69, 9.17) is 4.98 Å². The molecule has 0 spiro atoms. The number of piperidine rings is 1. The highest BCUT2D eigenvalue weighted by atomic mass is 32.2. The number of nitrogens with one attached hydrogen (secondary N) is 1. The molecule has 1 aliphatic heterocycles. The third-order valence-electron chi connectivity index (χ3n) is 6.09. The zero-order valence-corrected chi connectivity index (χ0v) is 19.2. The Balaban J connectivity index is 1.23. The van der Waals surface area contributed by atoms with Crippen molar-refractivity contribution in [2.75, 3.05) is 18.4 Å². The van der Waals surface area contributed by atoms with Gasteiger partial charge in [-0.2, -0.15) is 9.40 Å². The molecule has 11 heteroatoms. The van der Waals surface area contributed by atoms with Crippen LogP contribution in [0.5, 0.6) is 0 Å². The fourth-order valence-electron chi connectivity index (χ4n) is 4.03. The molecule has 1 aliphatic carbocycles. The van der Waals surface area contributed by atoms with Gasteiger partial charge >= 0.3 is 0 Å². The average Bonchev–Trinajstić information content (AvgIpc) is 3.27. The Bertz CT molecular complexity index is 1210. The van der Waals surface area contributed by atoms with Gasteiger partial charge in [0.1, 0.15) is 0 Å². The quantitative estimate of drug-likeness (QED) is 0.579. The zero-order valence-electron chi connectivity index (χ0n) is 18.3. The molecule has 0 atom stereocenters. The van der Waals surface area contributed by atoms with E-state index in [1.165, 1.54) is 29.7 Å². The van der Waals surface area contributed by atoms with Crippen molar-refractivity contribution in [3.05, 3.63) is 36.7 Å². The lowest BCUT2D eigenvalue weighted by atomic mass is 10.1. The fraction of sp³-hybridized carbons (Fsp3) is 0.524. The third kappa shape index (κ3) is 4.40. The third-order valence-corrected chi connectivity index (χ3v) is 7.88. The molecule has 1 saturated carbocycles. The highest BCUT2D eigenvalue weighted by Gasteiger charge is 2.31. The Hall–Kier alpha value is -2.79. The summed E-state index contributed by atoms with van der Waals surface area (Å²) >= 11 is 0. The summed E-state index contributed by atoms with van der Waals surface area (Å²) in [5.74, 6) is 1.32. The molecule has 0 bridgehead atoms. The highest BCUT2D eigenvalue weighted by molar-refractivity contribution is 7.89. The van der Waals surface area contributed by atoms with E-state index in [9.17, 15) is 8.42 Å². The lowest BCUT2D eigenvalue weighted by molar-refractivity contribution is 0.328. The Labute approximate surface area is 187 Å². The first-order chi connectivity index (χ1) is 15.4. The first-order valence-corrected chi connectivity index (χ1v) is 12.4. The van der Waals surface area contributed by atoms with Gasteiger partial charge < -0.3 is 9.88 Å². The number of aryl methyl sites for hydroxylation is 2. The van der Waals surface area contributed by atoms with E-state index < -0.39 is 10.0 Å². The van der Waals surface area contributed by atoms with Gasteiger partial charge in [0.2, 0.25) is 5.95 Å². The van der Waals surface area contributed by atoms with E-state index in [0.717, 1.165) is 29.3 Å². The van der Waals surface area contributed by atoms with Crippen LogP contribution >= 0.6 is 0 Å². The number of hydrogen-bond donors (Lipinski definition) is 1. The minimum Gasteiger partial charge on any atom is -0.351 e. The van der Waals surface area contributed by atoms with E-state index in [0.29, 0.717) is 31.9 Å². The molecule has 2 fully saturated rings. The molecule has 0 unspecified atom stereocenters. The van der Waals surface area contributed by atoms with Gasteiger partial charge in [0.15, 0.2) is 5.03 Å². The lowest BCUT2D eigenvalue weighted by Gasteiger charge is -2.31. The largest absolute Gasteiger partial charge is 0.351 e. The monoisotopic (exact) mass is 456 g/mol. The summed E-state index contributed by atoms with van der Waals surface area (Å²) in [6, 6.07) is 0.110. The van der Waals surface area contributed by atoms with Gasteiger partial charge in [-0.15, -0.1) is 0 Å². The summed E-state index contributed by atoms with van der Waals surface area (Å²) in [7, 11) is -1.79. The molecule has 170 valence electrons. The SMILES string of the molecule is Cc1cnc(NC2CCN(S(=O)(=O)c3cn(C)cn3)CC2)nc1-c1cnn(CC2CC2)c1. The van der Waals surface area contributed by atoms with E-state index in [2.05, 4.69) is 26.6 Å². The second-order valence-corrected chi connectivity index (χ2v) is 10.7. The van der Waals surface area contributed by atoms with E-state index in [-0.39, 0.29) is 11.1 Å². The maximum absolute atomic E-state index is 12.8. The Morgan fingerprint density at radius 1 is 1.09 bits per heavy atom. The molecule has 10 nitrogen and oxygen atoms in total. The smallest absolute Gasteiger partial charge is 0.262 e. The number of sulfonamides is 1. The Morgan fingerprint density at radius 2 is 1.88 bits per heavy atom. The standard InChI is InChI=1S/C21H28N8O2S/c1-15-9-22-21(26-20(15)17-10-24-28(12-17)11-16-3-4-16)25-18-5-7-29(8-6-18)32(30,31)19-13-27(2)14-23-19/h9-10,12-14,16,18H,3-8,11H2,1-2H3,(H,22,25,26). The van der Waals surface area contributed by atoms with Crippen molar-refractivity contribution in [3.8, 4) is 11.3 Å². The maximum atomic E-state index is 12.8. The summed E-state index contributed by atoms with van der Waals surface area (Å²) in [5, 5.41) is 7.97. The average molecular weight is 457 g/mol. The molecule has 4 heterocycles. The molecule has 2 aliphatic rings. The molecule has 1 saturated heterocycles. The summed E-state index contributed by atoms with van der Waals surface area (Å²) in [6.45, 7) is 3.83. The van der Waals surface area contributed by atoms with Crippen LogP contribution in [0.3, 0.4) is 0 Å². The van der Waals surface area contributed by atoms with E-state index in [1.54, 1.807) is 11.6 Å². The molecule has 0 amide bonds. The molecule has 5 rings (SSSR count). The number of anilines is 1. The molecule has 0 radical (unpaired) electrons. The lowest BCUT2D eigenvalue weighted by Crippen LogP contribution is -2.42. The van der Waals surface area contributed by atoms with Gasteiger partial charge in [0.25, 0.3) is 10.0 Å². The summed E-state index contributed by atoms with van der Waals surface area (Å²) < 4.78 is 30.7. The molecule has 3 aromatic heterocycles. The van der Waals surface area contributed by atoms with Gasteiger partial charge in [-0.25, -0.2) is 23.4 Å². The van der Waals surface area contributed by atoms with Gasteiger partial charge in [0, 0.05) is 56.9 Å². The maximum Gasteiger partial charge on any atom is 0.262 e. The first-order valence-electron chi connectivity index (χ1n) is 11.0. The van der Waals surface area contributed by atoms with Crippen LogP contribution in [0.4, 0.5) is 5.95 Å². The summed E-state index contributed by atoms with van der Waals surface area (Å²) in [6.07, 6.45) is 12.7. The number of hydrogen-bond acceptors (Lipinski definition) is 7. The Morgan fingerprint density at radius 3 is 2.56 bits per heavy atom. The topological polar surface area (TPSA) is 111 Å². The molecule has 3 aromatic rings. The van der Waals surface area contributed by atoms with Gasteiger partial charge in [-0.05, 0) is 44.1 Å². The summed E-state index contributed by atoms with van der Waals surface area (Å²) in [4.78, 5) is 13.2. The van der Waals surface area contributed by atoms with Gasteiger partial charge in [0.05, 0.1) is 18.2 Å². The van der Waals surface area contributed by atoms with Crippen molar-refractivity contribution < 1.29 is 8.42 Å². The fourth-order valence-corrected chi connectivity index (χ4v) is 5.47. The van der Waals surface area contributed by atoms with Crippen molar-refractivity contribution >= 4 is 16.0 Å². The molecule has 0 aromatic carbocycles. The number of aromatic nitrogens is 6. The molecular weight excluding hydrogens is 428 g/mol. The van der Waals surface area contributed by atoms with Crippen molar-refractivity contribution in [2.45, 2.75) is 50.2 Å². The zero-order chi connectivity index (χ0) is 22.3. The van der Waals surface area contributed by atoms with E-state index in [1.807, 2.05) is 24.0 Å². The number of rotatable bonds is 7. The highest BCUT2D eigenvalue weighted by Crippen LogP contribution is 2.31. The van der Waals surface area contributed by atoms with Crippen molar-refractivity contribution in [1.29, 1.82) is 0 Å².